The first-order valence-corrected chi connectivity index (χ1v) is 10.3. The molecule has 1 aromatic carbocycles. The topological polar surface area (TPSA) is 37.4 Å². The maximum Gasteiger partial charge on any atom is 0.148 e. The van der Waals surface area contributed by atoms with Crippen LogP contribution in [0.5, 0.6) is 5.75 Å². The van der Waals surface area contributed by atoms with Gasteiger partial charge in [-0.2, -0.15) is 0 Å². The Morgan fingerprint density at radius 3 is 2.52 bits per heavy atom. The van der Waals surface area contributed by atoms with Gasteiger partial charge in [-0.3, -0.25) is 9.88 Å². The number of benzene rings is 1. The zero-order valence-corrected chi connectivity index (χ0v) is 18.1. The molecule has 1 N–H and O–H groups in total. The Bertz CT molecular complexity index is 823. The number of piperidine rings is 1. The highest BCUT2D eigenvalue weighted by Gasteiger charge is 2.39. The summed E-state index contributed by atoms with van der Waals surface area (Å²) in [6.07, 6.45) is 9.39. The molecule has 0 aliphatic carbocycles. The van der Waals surface area contributed by atoms with Crippen LogP contribution in [-0.2, 0) is 13.1 Å². The molecule has 154 valence electrons. The lowest BCUT2D eigenvalue weighted by molar-refractivity contribution is 0.0555. The van der Waals surface area contributed by atoms with Gasteiger partial charge in [0.2, 0.25) is 0 Å². The molecule has 0 spiro atoms. The molecule has 0 unspecified atom stereocenters. The van der Waals surface area contributed by atoms with E-state index >= 15 is 0 Å². The monoisotopic (exact) mass is 391 g/mol. The van der Waals surface area contributed by atoms with Crippen molar-refractivity contribution in [2.75, 3.05) is 6.61 Å². The highest BCUT2D eigenvalue weighted by Crippen LogP contribution is 2.33. The summed E-state index contributed by atoms with van der Waals surface area (Å²) in [5, 5.41) is 3.80. The summed E-state index contributed by atoms with van der Waals surface area (Å²) in [5.41, 5.74) is 2.50. The fraction of sp³-hybridized carbons (Fsp3) is 0.480. The van der Waals surface area contributed by atoms with E-state index in [2.05, 4.69) is 73.1 Å². The summed E-state index contributed by atoms with van der Waals surface area (Å²) in [7, 11) is 0. The van der Waals surface area contributed by atoms with Crippen molar-refractivity contribution in [1.29, 1.82) is 0 Å². The Hall–Kier alpha value is -2.35. The van der Waals surface area contributed by atoms with Crippen LogP contribution in [-0.4, -0.2) is 33.6 Å². The van der Waals surface area contributed by atoms with Crippen LogP contribution in [0, 0.1) is 12.3 Å². The van der Waals surface area contributed by atoms with Crippen molar-refractivity contribution in [3.8, 4) is 18.1 Å². The van der Waals surface area contributed by atoms with Gasteiger partial charge in [0.1, 0.15) is 12.4 Å². The van der Waals surface area contributed by atoms with Crippen LogP contribution in [0.1, 0.15) is 51.8 Å². The lowest BCUT2D eigenvalue weighted by Gasteiger charge is -2.49. The zero-order valence-electron chi connectivity index (χ0n) is 18.1. The van der Waals surface area contributed by atoms with Crippen LogP contribution >= 0.6 is 0 Å². The van der Waals surface area contributed by atoms with Crippen LogP contribution in [0.2, 0.25) is 0 Å². The van der Waals surface area contributed by atoms with Crippen molar-refractivity contribution >= 4 is 0 Å². The maximum atomic E-state index is 5.63. The van der Waals surface area contributed by atoms with Crippen LogP contribution in [0.15, 0.2) is 48.7 Å². The van der Waals surface area contributed by atoms with Gasteiger partial charge in [-0.1, -0.05) is 24.1 Å². The molecule has 29 heavy (non-hydrogen) atoms. The van der Waals surface area contributed by atoms with Gasteiger partial charge in [0, 0.05) is 36.4 Å². The van der Waals surface area contributed by atoms with Gasteiger partial charge in [0.15, 0.2) is 0 Å². The average Bonchev–Trinajstić information content (AvgIpc) is 2.64. The molecule has 2 aromatic rings. The number of hydrogen-bond acceptors (Lipinski definition) is 4. The quantitative estimate of drug-likeness (QED) is 0.710. The van der Waals surface area contributed by atoms with Crippen molar-refractivity contribution in [3.63, 3.8) is 0 Å². The van der Waals surface area contributed by atoms with E-state index in [0.29, 0.717) is 6.04 Å². The van der Waals surface area contributed by atoms with E-state index in [4.69, 9.17) is 11.2 Å². The highest BCUT2D eigenvalue weighted by atomic mass is 16.5. The Morgan fingerprint density at radius 1 is 1.10 bits per heavy atom. The van der Waals surface area contributed by atoms with E-state index in [9.17, 15) is 0 Å². The summed E-state index contributed by atoms with van der Waals surface area (Å²) in [6.45, 7) is 11.2. The molecular weight excluding hydrogens is 358 g/mol. The molecule has 1 fully saturated rings. The Morgan fingerprint density at radius 2 is 1.86 bits per heavy atom. The smallest absolute Gasteiger partial charge is 0.148 e. The molecule has 0 atom stereocenters. The first-order valence-electron chi connectivity index (χ1n) is 10.3. The van der Waals surface area contributed by atoms with E-state index < -0.39 is 0 Å². The molecule has 0 amide bonds. The lowest BCUT2D eigenvalue weighted by Crippen LogP contribution is -2.62. The molecule has 0 bridgehead atoms. The molecule has 1 saturated heterocycles. The van der Waals surface area contributed by atoms with Crippen molar-refractivity contribution in [2.24, 2.45) is 0 Å². The minimum absolute atomic E-state index is 0.0898. The minimum Gasteiger partial charge on any atom is -0.481 e. The van der Waals surface area contributed by atoms with Crippen molar-refractivity contribution in [3.05, 3.63) is 59.9 Å². The van der Waals surface area contributed by atoms with Gasteiger partial charge in [-0.25, -0.2) is 0 Å². The maximum absolute atomic E-state index is 5.63. The standard InChI is InChI=1S/C25H33N3O/c1-6-14-29-23-12-9-10-20(15-23)18-28(19-21-11-7-8-13-26-21)22-16-24(2,3)27-25(4,5)17-22/h1,7-13,15,22,27H,14,16-19H2,2-5H3. The predicted molar refractivity (Wildman–Crippen MR) is 119 cm³/mol. The average molecular weight is 392 g/mol. The van der Waals surface area contributed by atoms with Crippen molar-refractivity contribution in [1.82, 2.24) is 15.2 Å². The molecule has 4 heteroatoms. The fourth-order valence-electron chi connectivity index (χ4n) is 4.63. The number of nitrogens with one attached hydrogen (secondary N) is 1. The molecule has 0 radical (unpaired) electrons. The second-order valence-corrected chi connectivity index (χ2v) is 9.32. The van der Waals surface area contributed by atoms with E-state index in [0.717, 1.165) is 37.4 Å². The predicted octanol–water partition coefficient (Wildman–Crippen LogP) is 4.41. The van der Waals surface area contributed by atoms with Gasteiger partial charge < -0.3 is 10.1 Å². The fourth-order valence-corrected chi connectivity index (χ4v) is 4.63. The third-order valence-electron chi connectivity index (χ3n) is 5.38. The Balaban J connectivity index is 1.84. The summed E-state index contributed by atoms with van der Waals surface area (Å²) in [5.74, 6) is 3.35. The lowest BCUT2D eigenvalue weighted by atomic mass is 9.79. The van der Waals surface area contributed by atoms with E-state index in [1.807, 2.05) is 24.4 Å². The zero-order chi connectivity index (χ0) is 20.9. The normalized spacial score (nSPS) is 18.3. The van der Waals surface area contributed by atoms with Gasteiger partial charge in [0.25, 0.3) is 0 Å². The molecule has 0 saturated carbocycles. The first kappa shape index (κ1) is 21.4. The number of pyridine rings is 1. The number of ether oxygens (including phenoxy) is 1. The van der Waals surface area contributed by atoms with Crippen LogP contribution < -0.4 is 10.1 Å². The molecular formula is C25H33N3O. The number of hydrogen-bond donors (Lipinski definition) is 1. The second kappa shape index (κ2) is 8.98. The number of aromatic nitrogens is 1. The molecule has 1 aliphatic heterocycles. The molecule has 1 aromatic heterocycles. The third-order valence-corrected chi connectivity index (χ3v) is 5.38. The van der Waals surface area contributed by atoms with E-state index in [-0.39, 0.29) is 17.7 Å². The molecule has 2 heterocycles. The van der Waals surface area contributed by atoms with Crippen molar-refractivity contribution in [2.45, 2.75) is 70.7 Å². The summed E-state index contributed by atoms with van der Waals surface area (Å²) >= 11 is 0. The molecule has 3 rings (SSSR count). The van der Waals surface area contributed by atoms with E-state index in [1.54, 1.807) is 0 Å². The highest BCUT2D eigenvalue weighted by molar-refractivity contribution is 5.29. The molecule has 1 aliphatic rings. The van der Waals surface area contributed by atoms with Crippen molar-refractivity contribution < 1.29 is 4.74 Å². The second-order valence-electron chi connectivity index (χ2n) is 9.32. The minimum atomic E-state index is 0.0898. The number of rotatable bonds is 7. The summed E-state index contributed by atoms with van der Waals surface area (Å²) in [6, 6.07) is 14.8. The van der Waals surface area contributed by atoms with E-state index in [1.165, 1.54) is 5.56 Å². The number of terminal acetylenes is 1. The third kappa shape index (κ3) is 6.32. The molecule has 4 nitrogen and oxygen atoms in total. The van der Waals surface area contributed by atoms with Gasteiger partial charge in [0.05, 0.1) is 5.69 Å². The Labute approximate surface area is 175 Å². The first-order chi connectivity index (χ1) is 13.8. The van der Waals surface area contributed by atoms with Gasteiger partial charge in [-0.15, -0.1) is 6.42 Å². The summed E-state index contributed by atoms with van der Waals surface area (Å²) < 4.78 is 5.63. The number of nitrogens with zero attached hydrogens (tertiary/aromatic N) is 2. The summed E-state index contributed by atoms with van der Waals surface area (Å²) in [4.78, 5) is 7.14. The van der Waals surface area contributed by atoms with Crippen LogP contribution in [0.3, 0.4) is 0 Å². The van der Waals surface area contributed by atoms with Gasteiger partial charge >= 0.3 is 0 Å². The van der Waals surface area contributed by atoms with Gasteiger partial charge in [-0.05, 0) is 70.4 Å². The Kier molecular flexibility index (Phi) is 6.62. The van der Waals surface area contributed by atoms with Crippen LogP contribution in [0.25, 0.3) is 0 Å². The van der Waals surface area contributed by atoms with Crippen LogP contribution in [0.4, 0.5) is 0 Å². The SMILES string of the molecule is C#CCOc1cccc(CN(Cc2ccccn2)C2CC(C)(C)NC(C)(C)C2)c1. The largest absolute Gasteiger partial charge is 0.481 e.